The van der Waals surface area contributed by atoms with Gasteiger partial charge in [0.2, 0.25) is 5.91 Å². The summed E-state index contributed by atoms with van der Waals surface area (Å²) < 4.78 is 0. The molecule has 0 saturated heterocycles. The average molecular weight is 312 g/mol. The second-order valence-electron chi connectivity index (χ2n) is 4.42. The molecule has 1 atom stereocenters. The predicted octanol–water partition coefficient (Wildman–Crippen LogP) is 1.91. The smallest absolute Gasteiger partial charge is 0.306 e. The summed E-state index contributed by atoms with van der Waals surface area (Å²) >= 11 is 1.26. The molecule has 0 aromatic heterocycles. The zero-order chi connectivity index (χ0) is 15.8. The lowest BCUT2D eigenvalue weighted by Gasteiger charge is -2.07. The first-order valence-electron chi connectivity index (χ1n) is 6.27. The third-order valence-corrected chi connectivity index (χ3v) is 3.75. The SMILES string of the molecule is CC(CCNC(=O)CSc1ccc([N+](=O)[O-])cc1)C(=O)O. The van der Waals surface area contributed by atoms with Gasteiger partial charge in [-0.15, -0.1) is 11.8 Å². The Morgan fingerprint density at radius 1 is 1.38 bits per heavy atom. The van der Waals surface area contributed by atoms with Gasteiger partial charge in [-0.05, 0) is 18.6 Å². The molecule has 0 fully saturated rings. The van der Waals surface area contributed by atoms with Crippen LogP contribution in [-0.4, -0.2) is 34.2 Å². The molecule has 0 aliphatic heterocycles. The lowest BCUT2D eigenvalue weighted by atomic mass is 10.1. The number of hydrogen-bond acceptors (Lipinski definition) is 5. The molecule has 0 spiro atoms. The first-order chi connectivity index (χ1) is 9.90. The maximum Gasteiger partial charge on any atom is 0.306 e. The van der Waals surface area contributed by atoms with Crippen LogP contribution in [0.4, 0.5) is 5.69 Å². The summed E-state index contributed by atoms with van der Waals surface area (Å²) in [6.45, 7) is 1.90. The van der Waals surface area contributed by atoms with Gasteiger partial charge in [0.05, 0.1) is 16.6 Å². The minimum Gasteiger partial charge on any atom is -0.481 e. The zero-order valence-corrected chi connectivity index (χ0v) is 12.3. The Hall–Kier alpha value is -2.09. The van der Waals surface area contributed by atoms with Crippen molar-refractivity contribution in [2.45, 2.75) is 18.2 Å². The summed E-state index contributed by atoms with van der Waals surface area (Å²) in [5.41, 5.74) is 0.00598. The van der Waals surface area contributed by atoms with Gasteiger partial charge < -0.3 is 10.4 Å². The van der Waals surface area contributed by atoms with Gasteiger partial charge in [-0.1, -0.05) is 6.92 Å². The fourth-order valence-electron chi connectivity index (χ4n) is 1.42. The molecule has 0 bridgehead atoms. The number of thioether (sulfide) groups is 1. The molecule has 7 nitrogen and oxygen atoms in total. The van der Waals surface area contributed by atoms with Crippen molar-refractivity contribution in [2.24, 2.45) is 5.92 Å². The van der Waals surface area contributed by atoms with Gasteiger partial charge in [-0.3, -0.25) is 19.7 Å². The van der Waals surface area contributed by atoms with E-state index in [0.717, 1.165) is 4.90 Å². The Morgan fingerprint density at radius 2 is 2.00 bits per heavy atom. The standard InChI is InChI=1S/C13H16N2O5S/c1-9(13(17)18)6-7-14-12(16)8-21-11-4-2-10(3-5-11)15(19)20/h2-5,9H,6-8H2,1H3,(H,14,16)(H,17,18). The number of benzene rings is 1. The maximum atomic E-state index is 11.6. The Morgan fingerprint density at radius 3 is 2.52 bits per heavy atom. The van der Waals surface area contributed by atoms with Gasteiger partial charge in [-0.25, -0.2) is 0 Å². The summed E-state index contributed by atoms with van der Waals surface area (Å²) in [5, 5.41) is 21.8. The molecule has 114 valence electrons. The Balaban J connectivity index is 2.29. The minimum absolute atomic E-state index is 0.00598. The molecule has 0 aliphatic rings. The molecule has 0 radical (unpaired) electrons. The number of carboxylic acid groups (broad SMARTS) is 1. The van der Waals surface area contributed by atoms with Gasteiger partial charge in [-0.2, -0.15) is 0 Å². The molecule has 1 unspecified atom stereocenters. The second-order valence-corrected chi connectivity index (χ2v) is 5.47. The van der Waals surface area contributed by atoms with Gasteiger partial charge in [0.15, 0.2) is 0 Å². The van der Waals surface area contributed by atoms with Gasteiger partial charge in [0.1, 0.15) is 0 Å². The van der Waals surface area contributed by atoms with Crippen LogP contribution in [0, 0.1) is 16.0 Å². The molecular weight excluding hydrogens is 296 g/mol. The van der Waals surface area contributed by atoms with E-state index in [4.69, 9.17) is 5.11 Å². The lowest BCUT2D eigenvalue weighted by Crippen LogP contribution is -2.28. The number of carbonyl (C=O) groups is 2. The van der Waals surface area contributed by atoms with E-state index in [9.17, 15) is 19.7 Å². The number of non-ortho nitro benzene ring substituents is 1. The summed E-state index contributed by atoms with van der Waals surface area (Å²) in [6.07, 6.45) is 0.378. The normalized spacial score (nSPS) is 11.7. The van der Waals surface area contributed by atoms with Crippen molar-refractivity contribution in [3.8, 4) is 0 Å². The molecule has 1 aromatic carbocycles. The van der Waals surface area contributed by atoms with Gasteiger partial charge in [0.25, 0.3) is 5.69 Å². The molecule has 8 heteroatoms. The number of rotatable bonds is 8. The molecule has 1 aromatic rings. The number of nitro benzene ring substituents is 1. The van der Waals surface area contributed by atoms with E-state index in [1.165, 1.54) is 23.9 Å². The lowest BCUT2D eigenvalue weighted by molar-refractivity contribution is -0.384. The molecule has 1 rings (SSSR count). The monoisotopic (exact) mass is 312 g/mol. The fourth-order valence-corrected chi connectivity index (χ4v) is 2.14. The van der Waals surface area contributed by atoms with Crippen LogP contribution >= 0.6 is 11.8 Å². The van der Waals surface area contributed by atoms with E-state index in [0.29, 0.717) is 13.0 Å². The highest BCUT2D eigenvalue weighted by atomic mass is 32.2. The highest BCUT2D eigenvalue weighted by Crippen LogP contribution is 2.20. The highest BCUT2D eigenvalue weighted by molar-refractivity contribution is 8.00. The van der Waals surface area contributed by atoms with E-state index >= 15 is 0 Å². The Kier molecular flexibility index (Phi) is 6.67. The molecule has 0 saturated carbocycles. The maximum absolute atomic E-state index is 11.6. The number of nitrogens with one attached hydrogen (secondary N) is 1. The molecule has 0 aliphatic carbocycles. The van der Waals surface area contributed by atoms with E-state index < -0.39 is 16.8 Å². The Labute approximate surface area is 125 Å². The van der Waals surface area contributed by atoms with Crippen molar-refractivity contribution in [2.75, 3.05) is 12.3 Å². The second kappa shape index (κ2) is 8.25. The van der Waals surface area contributed by atoms with E-state index in [1.807, 2.05) is 0 Å². The van der Waals surface area contributed by atoms with Crippen molar-refractivity contribution in [3.63, 3.8) is 0 Å². The first-order valence-corrected chi connectivity index (χ1v) is 7.25. The third-order valence-electron chi connectivity index (χ3n) is 2.74. The average Bonchev–Trinajstić information content (AvgIpc) is 2.45. The number of carboxylic acids is 1. The number of nitro groups is 1. The van der Waals surface area contributed by atoms with E-state index in [2.05, 4.69) is 5.32 Å². The zero-order valence-electron chi connectivity index (χ0n) is 11.4. The summed E-state index contributed by atoms with van der Waals surface area (Å²) in [6, 6.07) is 5.94. The highest BCUT2D eigenvalue weighted by Gasteiger charge is 2.11. The van der Waals surface area contributed by atoms with Crippen LogP contribution in [0.5, 0.6) is 0 Å². The largest absolute Gasteiger partial charge is 0.481 e. The van der Waals surface area contributed by atoms with Crippen LogP contribution in [0.1, 0.15) is 13.3 Å². The van der Waals surface area contributed by atoms with Crippen molar-refractivity contribution >= 4 is 29.3 Å². The van der Waals surface area contributed by atoms with Crippen molar-refractivity contribution in [1.82, 2.24) is 5.32 Å². The van der Waals surface area contributed by atoms with Gasteiger partial charge >= 0.3 is 5.97 Å². The first kappa shape index (κ1) is 17.0. The summed E-state index contributed by atoms with van der Waals surface area (Å²) in [5.74, 6) is -1.40. The topological polar surface area (TPSA) is 110 Å². The van der Waals surface area contributed by atoms with Crippen molar-refractivity contribution in [3.05, 3.63) is 34.4 Å². The fraction of sp³-hybridized carbons (Fsp3) is 0.385. The molecule has 21 heavy (non-hydrogen) atoms. The summed E-state index contributed by atoms with van der Waals surface area (Å²) in [7, 11) is 0. The van der Waals surface area contributed by atoms with Crippen molar-refractivity contribution < 1.29 is 19.6 Å². The van der Waals surface area contributed by atoms with Crippen LogP contribution in [0.15, 0.2) is 29.2 Å². The quantitative estimate of drug-likeness (QED) is 0.431. The number of nitrogens with zero attached hydrogens (tertiary/aromatic N) is 1. The van der Waals surface area contributed by atoms with E-state index in [1.54, 1.807) is 19.1 Å². The van der Waals surface area contributed by atoms with Crippen LogP contribution in [0.3, 0.4) is 0 Å². The molecular formula is C13H16N2O5S. The number of hydrogen-bond donors (Lipinski definition) is 2. The number of amides is 1. The molecule has 1 amide bonds. The van der Waals surface area contributed by atoms with Gasteiger partial charge in [0, 0.05) is 23.6 Å². The van der Waals surface area contributed by atoms with E-state index in [-0.39, 0.29) is 17.3 Å². The van der Waals surface area contributed by atoms with Crippen LogP contribution in [0.2, 0.25) is 0 Å². The molecule has 0 heterocycles. The van der Waals surface area contributed by atoms with Crippen LogP contribution in [0.25, 0.3) is 0 Å². The Bertz CT molecular complexity index is 518. The van der Waals surface area contributed by atoms with Crippen LogP contribution in [-0.2, 0) is 9.59 Å². The third kappa shape index (κ3) is 6.26. The number of aliphatic carboxylic acids is 1. The predicted molar refractivity (Wildman–Crippen MR) is 78.2 cm³/mol. The molecule has 2 N–H and O–H groups in total. The summed E-state index contributed by atoms with van der Waals surface area (Å²) in [4.78, 5) is 32.9. The minimum atomic E-state index is -0.885. The number of carbonyl (C=O) groups excluding carboxylic acids is 1. The van der Waals surface area contributed by atoms with Crippen LogP contribution < -0.4 is 5.32 Å². The van der Waals surface area contributed by atoms with Crippen molar-refractivity contribution in [1.29, 1.82) is 0 Å².